The van der Waals surface area contributed by atoms with Crippen LogP contribution in [-0.4, -0.2) is 23.3 Å². The first-order valence-corrected chi connectivity index (χ1v) is 8.70. The van der Waals surface area contributed by atoms with Crippen LogP contribution in [0.4, 0.5) is 5.00 Å². The molecule has 5 nitrogen and oxygen atoms in total. The van der Waals surface area contributed by atoms with Crippen molar-refractivity contribution in [1.29, 1.82) is 5.26 Å². The molecule has 2 aromatic rings. The fourth-order valence-electron chi connectivity index (χ4n) is 3.39. The average molecular weight is 337 g/mol. The maximum Gasteiger partial charge on any atom is 0.254 e. The molecular formula is C18H15N3O2S. The molecule has 0 atom stereocenters. The van der Waals surface area contributed by atoms with Gasteiger partial charge >= 0.3 is 0 Å². The van der Waals surface area contributed by atoms with Gasteiger partial charge in [-0.25, -0.2) is 0 Å². The molecule has 0 fully saturated rings. The van der Waals surface area contributed by atoms with Crippen molar-refractivity contribution < 1.29 is 9.59 Å². The van der Waals surface area contributed by atoms with E-state index in [1.165, 1.54) is 21.1 Å². The summed E-state index contributed by atoms with van der Waals surface area (Å²) in [4.78, 5) is 27.4. The quantitative estimate of drug-likeness (QED) is 0.936. The van der Waals surface area contributed by atoms with Crippen LogP contribution in [0.25, 0.3) is 0 Å². The van der Waals surface area contributed by atoms with E-state index in [4.69, 9.17) is 0 Å². The van der Waals surface area contributed by atoms with Crippen molar-refractivity contribution in [2.24, 2.45) is 0 Å². The summed E-state index contributed by atoms with van der Waals surface area (Å²) < 4.78 is 0. The number of nitrogens with zero attached hydrogens (tertiary/aromatic N) is 2. The number of carbonyl (C=O) groups excluding carboxylic acids is 2. The number of hydrogen-bond acceptors (Lipinski definition) is 4. The predicted octanol–water partition coefficient (Wildman–Crippen LogP) is 2.70. The van der Waals surface area contributed by atoms with Crippen LogP contribution in [0.1, 0.15) is 38.3 Å². The lowest BCUT2D eigenvalue weighted by Gasteiger charge is -2.14. The van der Waals surface area contributed by atoms with Gasteiger partial charge in [0.15, 0.2) is 0 Å². The number of anilines is 1. The molecule has 1 aliphatic heterocycles. The molecule has 1 aromatic carbocycles. The molecule has 2 amide bonds. The van der Waals surface area contributed by atoms with Crippen molar-refractivity contribution in [2.75, 3.05) is 11.9 Å². The molecule has 1 aliphatic carbocycles. The summed E-state index contributed by atoms with van der Waals surface area (Å²) in [5.41, 5.74) is 3.29. The fraction of sp³-hybridized carbons (Fsp3) is 0.278. The number of rotatable bonds is 3. The van der Waals surface area contributed by atoms with E-state index in [1.54, 1.807) is 6.07 Å². The van der Waals surface area contributed by atoms with Gasteiger partial charge in [0.2, 0.25) is 5.91 Å². The largest absolute Gasteiger partial charge is 0.325 e. The van der Waals surface area contributed by atoms with E-state index in [1.807, 2.05) is 18.2 Å². The van der Waals surface area contributed by atoms with Gasteiger partial charge in [-0.3, -0.25) is 9.59 Å². The van der Waals surface area contributed by atoms with E-state index >= 15 is 0 Å². The Morgan fingerprint density at radius 3 is 2.96 bits per heavy atom. The molecule has 120 valence electrons. The summed E-state index contributed by atoms with van der Waals surface area (Å²) in [7, 11) is 0. The van der Waals surface area contributed by atoms with Gasteiger partial charge in [-0.15, -0.1) is 11.3 Å². The lowest BCUT2D eigenvalue weighted by atomic mass is 10.1. The molecule has 6 heteroatoms. The van der Waals surface area contributed by atoms with E-state index in [-0.39, 0.29) is 18.4 Å². The Kier molecular flexibility index (Phi) is 3.58. The molecule has 1 N–H and O–H groups in total. The summed E-state index contributed by atoms with van der Waals surface area (Å²) in [5.74, 6) is -0.373. The van der Waals surface area contributed by atoms with Crippen LogP contribution in [-0.2, 0) is 24.2 Å². The normalized spacial score (nSPS) is 15.1. The molecule has 0 radical (unpaired) electrons. The van der Waals surface area contributed by atoms with Gasteiger partial charge in [0.05, 0.1) is 5.56 Å². The second kappa shape index (κ2) is 5.77. The van der Waals surface area contributed by atoms with Crippen molar-refractivity contribution >= 4 is 28.2 Å². The number of nitrogens with one attached hydrogen (secondary N) is 1. The van der Waals surface area contributed by atoms with Gasteiger partial charge in [-0.05, 0) is 36.5 Å². The van der Waals surface area contributed by atoms with Crippen molar-refractivity contribution in [1.82, 2.24) is 4.90 Å². The number of amides is 2. The van der Waals surface area contributed by atoms with E-state index in [2.05, 4.69) is 11.4 Å². The van der Waals surface area contributed by atoms with E-state index in [0.717, 1.165) is 30.4 Å². The molecule has 4 rings (SSSR count). The van der Waals surface area contributed by atoms with Gasteiger partial charge in [-0.2, -0.15) is 5.26 Å². The third kappa shape index (κ3) is 2.38. The molecule has 2 heterocycles. The lowest BCUT2D eigenvalue weighted by Crippen LogP contribution is -2.33. The molecule has 0 unspecified atom stereocenters. The standard InChI is InChI=1S/C18H15N3O2S/c19-8-14-13-6-3-7-15(13)24-17(14)20-16(22)10-21-9-11-4-1-2-5-12(11)18(21)23/h1-2,4-5H,3,6-7,9-10H2,(H,20,22). The topological polar surface area (TPSA) is 73.2 Å². The summed E-state index contributed by atoms with van der Waals surface area (Å²) >= 11 is 1.49. The first-order valence-electron chi connectivity index (χ1n) is 7.89. The van der Waals surface area contributed by atoms with E-state index in [9.17, 15) is 14.9 Å². The predicted molar refractivity (Wildman–Crippen MR) is 90.9 cm³/mol. The number of aryl methyl sites for hydroxylation is 1. The number of hydrogen-bond donors (Lipinski definition) is 1. The first kappa shape index (κ1) is 14.9. The lowest BCUT2D eigenvalue weighted by molar-refractivity contribution is -0.116. The van der Waals surface area contributed by atoms with Gasteiger partial charge in [0.25, 0.3) is 5.91 Å². The zero-order valence-corrected chi connectivity index (χ0v) is 13.8. The van der Waals surface area contributed by atoms with Crippen LogP contribution < -0.4 is 5.32 Å². The molecule has 2 aliphatic rings. The van der Waals surface area contributed by atoms with Crippen LogP contribution >= 0.6 is 11.3 Å². The van der Waals surface area contributed by atoms with Gasteiger partial charge in [0, 0.05) is 17.0 Å². The highest BCUT2D eigenvalue weighted by atomic mass is 32.1. The second-order valence-corrected chi connectivity index (χ2v) is 7.14. The molecule has 1 aromatic heterocycles. The van der Waals surface area contributed by atoms with Crippen molar-refractivity contribution in [2.45, 2.75) is 25.8 Å². The van der Waals surface area contributed by atoms with Crippen molar-refractivity contribution in [3.63, 3.8) is 0 Å². The molecule has 0 bridgehead atoms. The first-order chi connectivity index (χ1) is 11.7. The summed E-state index contributed by atoms with van der Waals surface area (Å²) in [6.07, 6.45) is 2.96. The highest BCUT2D eigenvalue weighted by Gasteiger charge is 2.29. The Labute approximate surface area is 143 Å². The van der Waals surface area contributed by atoms with Gasteiger partial charge < -0.3 is 10.2 Å². The minimum absolute atomic E-state index is 0.000941. The van der Waals surface area contributed by atoms with Gasteiger partial charge in [0.1, 0.15) is 17.6 Å². The molecule has 0 saturated heterocycles. The smallest absolute Gasteiger partial charge is 0.254 e. The van der Waals surface area contributed by atoms with Crippen LogP contribution in [0.5, 0.6) is 0 Å². The van der Waals surface area contributed by atoms with Crippen LogP contribution in [0, 0.1) is 11.3 Å². The van der Waals surface area contributed by atoms with Crippen molar-refractivity contribution in [3.05, 3.63) is 51.4 Å². The van der Waals surface area contributed by atoms with Gasteiger partial charge in [-0.1, -0.05) is 18.2 Å². The van der Waals surface area contributed by atoms with Crippen molar-refractivity contribution in [3.8, 4) is 6.07 Å². The fourth-order valence-corrected chi connectivity index (χ4v) is 4.65. The zero-order valence-electron chi connectivity index (χ0n) is 13.0. The highest BCUT2D eigenvalue weighted by Crippen LogP contribution is 2.38. The summed E-state index contributed by atoms with van der Waals surface area (Å²) in [6, 6.07) is 9.62. The third-order valence-electron chi connectivity index (χ3n) is 4.52. The SMILES string of the molecule is N#Cc1c(NC(=O)CN2Cc3ccccc3C2=O)sc2c1CCC2. The maximum atomic E-state index is 12.4. The summed E-state index contributed by atoms with van der Waals surface area (Å²) in [5, 5.41) is 12.8. The Hall–Kier alpha value is -2.65. The Balaban J connectivity index is 1.47. The Morgan fingerprint density at radius 2 is 2.17 bits per heavy atom. The van der Waals surface area contributed by atoms with Crippen LogP contribution in [0.2, 0.25) is 0 Å². The average Bonchev–Trinajstić information content (AvgIpc) is 3.22. The molecule has 0 saturated carbocycles. The number of nitriles is 1. The third-order valence-corrected chi connectivity index (χ3v) is 5.72. The zero-order chi connectivity index (χ0) is 16.7. The van der Waals surface area contributed by atoms with E-state index < -0.39 is 0 Å². The molecule has 0 spiro atoms. The number of thiophene rings is 1. The minimum atomic E-state index is -0.257. The monoisotopic (exact) mass is 337 g/mol. The summed E-state index contributed by atoms with van der Waals surface area (Å²) in [6.45, 7) is 0.454. The minimum Gasteiger partial charge on any atom is -0.325 e. The number of carbonyl (C=O) groups is 2. The molecular weight excluding hydrogens is 322 g/mol. The second-order valence-electron chi connectivity index (χ2n) is 6.04. The maximum absolute atomic E-state index is 12.4. The van der Waals surface area contributed by atoms with Crippen LogP contribution in [0.3, 0.4) is 0 Å². The molecule has 24 heavy (non-hydrogen) atoms. The highest BCUT2D eigenvalue weighted by molar-refractivity contribution is 7.16. The Morgan fingerprint density at radius 1 is 1.33 bits per heavy atom. The number of benzene rings is 1. The number of fused-ring (bicyclic) bond motifs is 2. The van der Waals surface area contributed by atoms with Crippen LogP contribution in [0.15, 0.2) is 24.3 Å². The Bertz CT molecular complexity index is 894. The van der Waals surface area contributed by atoms with E-state index in [0.29, 0.717) is 22.7 Å².